The molecule has 0 fully saturated rings. The van der Waals surface area contributed by atoms with Gasteiger partial charge in [0.1, 0.15) is 5.75 Å². The van der Waals surface area contributed by atoms with Crippen LogP contribution in [0.15, 0.2) is 48.5 Å². The number of benzene rings is 2. The van der Waals surface area contributed by atoms with E-state index in [0.29, 0.717) is 28.5 Å². The van der Waals surface area contributed by atoms with Crippen molar-refractivity contribution in [2.45, 2.75) is 25.9 Å². The lowest BCUT2D eigenvalue weighted by atomic mass is 10.0. The van der Waals surface area contributed by atoms with Gasteiger partial charge < -0.3 is 9.47 Å². The minimum Gasteiger partial charge on any atom is -0.476 e. The predicted octanol–water partition coefficient (Wildman–Crippen LogP) is 5.06. The monoisotopic (exact) mass is 438 g/mol. The van der Waals surface area contributed by atoms with Crippen LogP contribution in [-0.2, 0) is 9.53 Å². The fourth-order valence-corrected chi connectivity index (χ4v) is 2.53. The largest absolute Gasteiger partial charge is 0.476 e. The summed E-state index contributed by atoms with van der Waals surface area (Å²) in [4.78, 5) is 24.6. The maximum atomic E-state index is 12.4. The highest BCUT2D eigenvalue weighted by atomic mass is 79.9. The molecule has 0 N–H and O–H groups in total. The lowest BCUT2D eigenvalue weighted by molar-refractivity contribution is -0.159. The van der Waals surface area contributed by atoms with Crippen molar-refractivity contribution in [3.8, 4) is 5.75 Å². The highest BCUT2D eigenvalue weighted by Crippen LogP contribution is 2.22. The van der Waals surface area contributed by atoms with Crippen molar-refractivity contribution in [2.75, 3.05) is 11.9 Å². The van der Waals surface area contributed by atoms with Gasteiger partial charge in [-0.15, -0.1) is 0 Å². The molecular formula is C20H20BrClO4. The summed E-state index contributed by atoms with van der Waals surface area (Å²) < 4.78 is 10.9. The summed E-state index contributed by atoms with van der Waals surface area (Å²) in [6.07, 6.45) is 0.739. The van der Waals surface area contributed by atoms with Gasteiger partial charge in [0.05, 0.1) is 6.61 Å². The topological polar surface area (TPSA) is 52.6 Å². The molecule has 0 aliphatic carbocycles. The summed E-state index contributed by atoms with van der Waals surface area (Å²) in [6, 6.07) is 13.4. The normalized spacial score (nSPS) is 11.1. The van der Waals surface area contributed by atoms with E-state index >= 15 is 0 Å². The number of rotatable bonds is 8. The zero-order chi connectivity index (χ0) is 19.2. The average Bonchev–Trinajstić information content (AvgIpc) is 2.62. The Morgan fingerprint density at radius 2 is 1.54 bits per heavy atom. The summed E-state index contributed by atoms with van der Waals surface area (Å²) in [7, 11) is 0. The van der Waals surface area contributed by atoms with E-state index in [1.165, 1.54) is 0 Å². The van der Waals surface area contributed by atoms with Gasteiger partial charge in [-0.1, -0.05) is 27.5 Å². The van der Waals surface area contributed by atoms with Gasteiger partial charge >= 0.3 is 5.97 Å². The Balaban J connectivity index is 2.03. The number of ether oxygens (including phenoxy) is 2. The Bertz CT molecular complexity index is 754. The zero-order valence-corrected chi connectivity index (χ0v) is 17.0. The van der Waals surface area contributed by atoms with Gasteiger partial charge in [-0.25, -0.2) is 4.79 Å². The van der Waals surface area contributed by atoms with Crippen molar-refractivity contribution < 1.29 is 19.1 Å². The van der Waals surface area contributed by atoms with Crippen molar-refractivity contribution >= 4 is 39.3 Å². The minimum atomic E-state index is -1.12. The molecule has 2 rings (SSSR count). The van der Waals surface area contributed by atoms with Gasteiger partial charge in [-0.05, 0) is 68.8 Å². The van der Waals surface area contributed by atoms with Crippen molar-refractivity contribution in [1.29, 1.82) is 0 Å². The number of alkyl halides is 1. The first-order valence-corrected chi connectivity index (χ1v) is 9.66. The van der Waals surface area contributed by atoms with E-state index in [-0.39, 0.29) is 5.78 Å². The van der Waals surface area contributed by atoms with E-state index in [0.717, 1.165) is 11.8 Å². The molecule has 0 amide bonds. The number of halogens is 2. The van der Waals surface area contributed by atoms with Crippen LogP contribution in [0.25, 0.3) is 0 Å². The number of esters is 1. The van der Waals surface area contributed by atoms with Gasteiger partial charge in [0.15, 0.2) is 11.4 Å². The van der Waals surface area contributed by atoms with E-state index in [2.05, 4.69) is 15.9 Å². The molecule has 0 radical (unpaired) electrons. The Kier molecular flexibility index (Phi) is 7.23. The molecule has 0 unspecified atom stereocenters. The molecule has 6 heteroatoms. The van der Waals surface area contributed by atoms with Crippen molar-refractivity contribution in [1.82, 2.24) is 0 Å². The van der Waals surface area contributed by atoms with E-state index in [1.54, 1.807) is 62.4 Å². The van der Waals surface area contributed by atoms with E-state index in [4.69, 9.17) is 21.1 Å². The summed E-state index contributed by atoms with van der Waals surface area (Å²) in [6.45, 7) is 3.64. The number of ketones is 1. The molecule has 0 atom stereocenters. The standard InChI is InChI=1S/C20H20BrClO4/c1-20(2,19(24)25-13-3-12-21)26-17-10-6-15(7-11-17)18(23)14-4-8-16(22)9-5-14/h4-11H,3,12-13H2,1-2H3. The molecule has 138 valence electrons. The Morgan fingerprint density at radius 3 is 2.08 bits per heavy atom. The van der Waals surface area contributed by atoms with Crippen molar-refractivity contribution in [3.05, 3.63) is 64.7 Å². The molecule has 2 aromatic rings. The van der Waals surface area contributed by atoms with Gasteiger partial charge in [-0.2, -0.15) is 0 Å². The number of carbonyl (C=O) groups is 2. The lowest BCUT2D eigenvalue weighted by Crippen LogP contribution is -2.39. The lowest BCUT2D eigenvalue weighted by Gasteiger charge is -2.24. The first kappa shape index (κ1) is 20.5. The van der Waals surface area contributed by atoms with E-state index in [1.807, 2.05) is 0 Å². The molecule has 0 bridgehead atoms. The fourth-order valence-electron chi connectivity index (χ4n) is 2.17. The molecule has 26 heavy (non-hydrogen) atoms. The van der Waals surface area contributed by atoms with Gasteiger partial charge in [0, 0.05) is 21.5 Å². The smallest absolute Gasteiger partial charge is 0.349 e. The Morgan fingerprint density at radius 1 is 1.00 bits per heavy atom. The number of hydrogen-bond donors (Lipinski definition) is 0. The van der Waals surface area contributed by atoms with Crippen LogP contribution >= 0.6 is 27.5 Å². The van der Waals surface area contributed by atoms with Crippen LogP contribution in [0.3, 0.4) is 0 Å². The second-order valence-electron chi connectivity index (χ2n) is 6.15. The maximum absolute atomic E-state index is 12.4. The van der Waals surface area contributed by atoms with Crippen LogP contribution in [-0.4, -0.2) is 29.3 Å². The molecule has 0 saturated carbocycles. The molecule has 0 aromatic heterocycles. The highest BCUT2D eigenvalue weighted by Gasteiger charge is 2.31. The van der Waals surface area contributed by atoms with Crippen molar-refractivity contribution in [2.24, 2.45) is 0 Å². The molecule has 0 heterocycles. The van der Waals surface area contributed by atoms with Gasteiger partial charge in [0.25, 0.3) is 0 Å². The molecule has 0 aliphatic heterocycles. The van der Waals surface area contributed by atoms with E-state index < -0.39 is 11.6 Å². The maximum Gasteiger partial charge on any atom is 0.349 e. The number of hydrogen-bond acceptors (Lipinski definition) is 4. The summed E-state index contributed by atoms with van der Waals surface area (Å²) in [5, 5.41) is 1.35. The summed E-state index contributed by atoms with van der Waals surface area (Å²) >= 11 is 9.13. The van der Waals surface area contributed by atoms with Crippen molar-refractivity contribution in [3.63, 3.8) is 0 Å². The summed E-state index contributed by atoms with van der Waals surface area (Å²) in [5.41, 5.74) is -0.0373. The molecule has 2 aromatic carbocycles. The number of carbonyl (C=O) groups excluding carboxylic acids is 2. The van der Waals surface area contributed by atoms with Crippen LogP contribution in [0.1, 0.15) is 36.2 Å². The van der Waals surface area contributed by atoms with Crippen LogP contribution in [0.5, 0.6) is 5.75 Å². The van der Waals surface area contributed by atoms with Crippen LogP contribution in [0.2, 0.25) is 5.02 Å². The van der Waals surface area contributed by atoms with Gasteiger partial charge in [0.2, 0.25) is 0 Å². The third-order valence-electron chi connectivity index (χ3n) is 3.60. The third-order valence-corrected chi connectivity index (χ3v) is 4.41. The molecule has 0 saturated heterocycles. The second kappa shape index (κ2) is 9.19. The first-order chi connectivity index (χ1) is 12.3. The Hall–Kier alpha value is -1.85. The van der Waals surface area contributed by atoms with Crippen LogP contribution in [0.4, 0.5) is 0 Å². The second-order valence-corrected chi connectivity index (χ2v) is 7.38. The first-order valence-electron chi connectivity index (χ1n) is 8.16. The predicted molar refractivity (Wildman–Crippen MR) is 105 cm³/mol. The average molecular weight is 440 g/mol. The molecule has 4 nitrogen and oxygen atoms in total. The van der Waals surface area contributed by atoms with E-state index in [9.17, 15) is 9.59 Å². The molecular weight excluding hydrogens is 420 g/mol. The fraction of sp³-hybridized carbons (Fsp3) is 0.300. The molecule has 0 aliphatic rings. The quantitative estimate of drug-likeness (QED) is 0.250. The van der Waals surface area contributed by atoms with Gasteiger partial charge in [-0.3, -0.25) is 4.79 Å². The minimum absolute atomic E-state index is 0.110. The Labute approximate surface area is 166 Å². The van der Waals surface area contributed by atoms with Crippen LogP contribution < -0.4 is 4.74 Å². The highest BCUT2D eigenvalue weighted by molar-refractivity contribution is 9.09. The van der Waals surface area contributed by atoms with Crippen LogP contribution in [0, 0.1) is 0 Å². The third kappa shape index (κ3) is 5.58. The summed E-state index contributed by atoms with van der Waals surface area (Å²) in [5.74, 6) is -0.0541. The zero-order valence-electron chi connectivity index (χ0n) is 14.6. The SMILES string of the molecule is CC(C)(Oc1ccc(C(=O)c2ccc(Cl)cc2)cc1)C(=O)OCCCBr. The molecule has 0 spiro atoms.